The third kappa shape index (κ3) is 3.27. The van der Waals surface area contributed by atoms with Gasteiger partial charge in [-0.3, -0.25) is 5.41 Å². The highest BCUT2D eigenvalue weighted by Gasteiger charge is 2.22. The zero-order valence-corrected chi connectivity index (χ0v) is 15.8. The maximum absolute atomic E-state index is 13.2. The van der Waals surface area contributed by atoms with Crippen molar-refractivity contribution in [2.24, 2.45) is 0 Å². The molecule has 1 heterocycles. The largest absolute Gasteiger partial charge is 0.363 e. The van der Waals surface area contributed by atoms with Crippen LogP contribution >= 0.6 is 0 Å². The first kappa shape index (κ1) is 17.6. The normalized spacial score (nSPS) is 15.3. The fourth-order valence-electron chi connectivity index (χ4n) is 4.11. The minimum absolute atomic E-state index is 0.275. The summed E-state index contributed by atoms with van der Waals surface area (Å²) < 4.78 is 13.2. The maximum atomic E-state index is 13.2. The van der Waals surface area contributed by atoms with Crippen LogP contribution in [0.4, 0.5) is 10.2 Å². The first-order valence-electron chi connectivity index (χ1n) is 9.78. The van der Waals surface area contributed by atoms with Gasteiger partial charge in [-0.15, -0.1) is 0 Å². The number of pyridine rings is 1. The van der Waals surface area contributed by atoms with Crippen molar-refractivity contribution in [1.82, 2.24) is 4.98 Å². The molecule has 1 aliphatic carbocycles. The van der Waals surface area contributed by atoms with E-state index in [0.717, 1.165) is 35.1 Å². The first-order chi connectivity index (χ1) is 14.2. The molecule has 3 aromatic carbocycles. The van der Waals surface area contributed by atoms with Gasteiger partial charge in [0.2, 0.25) is 0 Å². The van der Waals surface area contributed by atoms with Gasteiger partial charge in [-0.25, -0.2) is 9.37 Å². The van der Waals surface area contributed by atoms with Crippen molar-refractivity contribution in [1.29, 1.82) is 5.41 Å². The summed E-state index contributed by atoms with van der Waals surface area (Å²) in [6, 6.07) is 24.6. The molecule has 142 valence electrons. The Bertz CT molecular complexity index is 1210. The molecule has 2 N–H and O–H groups in total. The van der Waals surface area contributed by atoms with Crippen LogP contribution < -0.4 is 5.32 Å². The van der Waals surface area contributed by atoms with Crippen molar-refractivity contribution in [2.45, 2.75) is 18.9 Å². The second-order valence-corrected chi connectivity index (χ2v) is 7.39. The second-order valence-electron chi connectivity index (χ2n) is 7.39. The number of aromatic nitrogens is 1. The highest BCUT2D eigenvalue weighted by molar-refractivity contribution is 6.17. The molecule has 5 rings (SSSR count). The van der Waals surface area contributed by atoms with E-state index in [1.54, 1.807) is 12.1 Å². The van der Waals surface area contributed by atoms with Crippen molar-refractivity contribution in [3.05, 3.63) is 107 Å². The lowest BCUT2D eigenvalue weighted by Crippen LogP contribution is -2.09. The number of fused-ring (bicyclic) bond motifs is 2. The summed E-state index contributed by atoms with van der Waals surface area (Å²) in [6.45, 7) is 0. The van der Waals surface area contributed by atoms with Crippen LogP contribution in [0.2, 0.25) is 0 Å². The first-order valence-corrected chi connectivity index (χ1v) is 9.78. The van der Waals surface area contributed by atoms with Gasteiger partial charge in [0.15, 0.2) is 0 Å². The van der Waals surface area contributed by atoms with Crippen LogP contribution in [0.1, 0.15) is 34.7 Å². The van der Waals surface area contributed by atoms with Gasteiger partial charge in [0.05, 0.1) is 17.3 Å². The predicted octanol–water partition coefficient (Wildman–Crippen LogP) is 5.89. The van der Waals surface area contributed by atoms with Crippen molar-refractivity contribution in [3.8, 4) is 0 Å². The molecule has 3 nitrogen and oxygen atoms in total. The fourth-order valence-corrected chi connectivity index (χ4v) is 4.11. The van der Waals surface area contributed by atoms with Gasteiger partial charge in [-0.1, -0.05) is 36.4 Å². The Morgan fingerprint density at radius 1 is 0.931 bits per heavy atom. The van der Waals surface area contributed by atoms with E-state index < -0.39 is 0 Å². The van der Waals surface area contributed by atoms with Gasteiger partial charge in [0.1, 0.15) is 11.6 Å². The minimum Gasteiger partial charge on any atom is -0.363 e. The number of hydrogen-bond donors (Lipinski definition) is 2. The number of aryl methyl sites for hydroxylation is 1. The Morgan fingerprint density at radius 3 is 2.62 bits per heavy atom. The molecule has 4 aromatic rings. The summed E-state index contributed by atoms with van der Waals surface area (Å²) in [4.78, 5) is 4.79. The number of nitrogens with zero attached hydrogens (tertiary/aromatic N) is 1. The van der Waals surface area contributed by atoms with Gasteiger partial charge >= 0.3 is 0 Å². The Kier molecular flexibility index (Phi) is 4.32. The highest BCUT2D eigenvalue weighted by Crippen LogP contribution is 2.33. The molecule has 0 radical (unpaired) electrons. The van der Waals surface area contributed by atoms with Crippen LogP contribution in [0.25, 0.3) is 10.9 Å². The van der Waals surface area contributed by atoms with Crippen molar-refractivity contribution in [3.63, 3.8) is 0 Å². The standard InChI is InChI=1S/C25H20FN3/c26-18-11-8-17(9-12-18)25(27)21-6-3-7-22-20(21)13-15-24(28-22)29-23-14-10-16-4-1-2-5-19(16)23/h1-9,11-13,15,23,27H,10,14H2,(H,28,29). The van der Waals surface area contributed by atoms with Gasteiger partial charge in [0.25, 0.3) is 0 Å². The summed E-state index contributed by atoms with van der Waals surface area (Å²) >= 11 is 0. The van der Waals surface area contributed by atoms with Crippen molar-refractivity contribution < 1.29 is 4.39 Å². The molecule has 1 unspecified atom stereocenters. The average Bonchev–Trinajstić information content (AvgIpc) is 3.16. The number of halogens is 1. The summed E-state index contributed by atoms with van der Waals surface area (Å²) in [5.41, 5.74) is 5.43. The number of anilines is 1. The highest BCUT2D eigenvalue weighted by atomic mass is 19.1. The molecule has 1 aromatic heterocycles. The van der Waals surface area contributed by atoms with E-state index >= 15 is 0 Å². The third-order valence-corrected chi connectivity index (χ3v) is 5.59. The molecule has 0 bridgehead atoms. The van der Waals surface area contributed by atoms with Crippen molar-refractivity contribution in [2.75, 3.05) is 5.32 Å². The van der Waals surface area contributed by atoms with E-state index in [2.05, 4.69) is 29.6 Å². The smallest absolute Gasteiger partial charge is 0.127 e. The number of rotatable bonds is 4. The Morgan fingerprint density at radius 2 is 1.76 bits per heavy atom. The van der Waals surface area contributed by atoms with Gasteiger partial charge in [-0.2, -0.15) is 0 Å². The van der Waals surface area contributed by atoms with E-state index in [0.29, 0.717) is 11.3 Å². The average molecular weight is 381 g/mol. The van der Waals surface area contributed by atoms with Crippen LogP contribution in [0.15, 0.2) is 78.9 Å². The molecule has 1 aliphatic rings. The summed E-state index contributed by atoms with van der Waals surface area (Å²) in [5.74, 6) is 0.537. The molecular weight excluding hydrogens is 361 g/mol. The van der Waals surface area contributed by atoms with E-state index in [1.807, 2.05) is 30.3 Å². The molecular formula is C25H20FN3. The quantitative estimate of drug-likeness (QED) is 0.433. The van der Waals surface area contributed by atoms with Crippen LogP contribution in [0.3, 0.4) is 0 Å². The maximum Gasteiger partial charge on any atom is 0.127 e. The van der Waals surface area contributed by atoms with Crippen LogP contribution in [-0.4, -0.2) is 10.7 Å². The fraction of sp³-hybridized carbons (Fsp3) is 0.120. The second kappa shape index (κ2) is 7.13. The molecule has 0 amide bonds. The van der Waals surface area contributed by atoms with E-state index in [-0.39, 0.29) is 11.9 Å². The van der Waals surface area contributed by atoms with Gasteiger partial charge in [-0.05, 0) is 66.4 Å². The molecule has 0 fully saturated rings. The van der Waals surface area contributed by atoms with Crippen molar-refractivity contribution >= 4 is 22.4 Å². The Labute approximate surface area is 168 Å². The topological polar surface area (TPSA) is 48.8 Å². The Hall–Kier alpha value is -3.53. The van der Waals surface area contributed by atoms with Crippen LogP contribution in [0.5, 0.6) is 0 Å². The molecule has 0 saturated heterocycles. The zero-order valence-electron chi connectivity index (χ0n) is 15.8. The number of benzene rings is 3. The summed E-state index contributed by atoms with van der Waals surface area (Å²) in [7, 11) is 0. The van der Waals surface area contributed by atoms with Crippen LogP contribution in [-0.2, 0) is 6.42 Å². The van der Waals surface area contributed by atoms with E-state index in [1.165, 1.54) is 23.3 Å². The lowest BCUT2D eigenvalue weighted by molar-refractivity contribution is 0.628. The van der Waals surface area contributed by atoms with Crippen LogP contribution in [0, 0.1) is 11.2 Å². The molecule has 29 heavy (non-hydrogen) atoms. The molecule has 0 spiro atoms. The minimum atomic E-state index is -0.301. The monoisotopic (exact) mass is 381 g/mol. The van der Waals surface area contributed by atoms with E-state index in [4.69, 9.17) is 10.4 Å². The molecule has 1 atom stereocenters. The van der Waals surface area contributed by atoms with Gasteiger partial charge in [0, 0.05) is 16.5 Å². The number of hydrogen-bond acceptors (Lipinski definition) is 3. The summed E-state index contributed by atoms with van der Waals surface area (Å²) in [6.07, 6.45) is 2.15. The third-order valence-electron chi connectivity index (χ3n) is 5.59. The molecule has 0 saturated carbocycles. The number of nitrogens with one attached hydrogen (secondary N) is 2. The zero-order chi connectivity index (χ0) is 19.8. The van der Waals surface area contributed by atoms with E-state index in [9.17, 15) is 4.39 Å². The lowest BCUT2D eigenvalue weighted by atomic mass is 9.98. The predicted molar refractivity (Wildman–Crippen MR) is 115 cm³/mol. The molecule has 4 heteroatoms. The SMILES string of the molecule is N=C(c1ccc(F)cc1)c1cccc2nc(NC3CCc4ccccc43)ccc12. The lowest BCUT2D eigenvalue weighted by Gasteiger charge is -2.16. The summed E-state index contributed by atoms with van der Waals surface area (Å²) in [5, 5.41) is 13.1. The Balaban J connectivity index is 1.46. The van der Waals surface area contributed by atoms with Gasteiger partial charge < -0.3 is 5.32 Å². The molecule has 0 aliphatic heterocycles.